The molecule has 0 amide bonds. The summed E-state index contributed by atoms with van der Waals surface area (Å²) in [5, 5.41) is 22.0. The third kappa shape index (κ3) is 3.19. The molecule has 0 saturated carbocycles. The van der Waals surface area contributed by atoms with Crippen LogP contribution in [0.15, 0.2) is 84.9 Å². The Morgan fingerprint density at radius 1 is 0.652 bits per heavy atom. The SMILES string of the molecule is Cc1ccc(C(O)(O)C(c2ccccc2)c2ccccc2)cc1. The van der Waals surface area contributed by atoms with E-state index in [0.29, 0.717) is 5.56 Å². The first kappa shape index (κ1) is 15.5. The molecule has 0 atom stereocenters. The molecular formula is C21H20O2. The Bertz CT molecular complexity index is 707. The molecule has 0 heterocycles. The molecule has 0 aliphatic carbocycles. The predicted octanol–water partition coefficient (Wildman–Crippen LogP) is 3.96. The molecule has 2 heteroatoms. The second-order valence-electron chi connectivity index (χ2n) is 5.85. The fourth-order valence-corrected chi connectivity index (χ4v) is 2.91. The average molecular weight is 304 g/mol. The Morgan fingerprint density at radius 3 is 1.52 bits per heavy atom. The highest BCUT2D eigenvalue weighted by Crippen LogP contribution is 2.39. The van der Waals surface area contributed by atoms with Crippen molar-refractivity contribution in [1.82, 2.24) is 0 Å². The Labute approximate surface area is 136 Å². The van der Waals surface area contributed by atoms with Gasteiger partial charge in [0.25, 0.3) is 0 Å². The van der Waals surface area contributed by atoms with Crippen LogP contribution in [0.2, 0.25) is 0 Å². The summed E-state index contributed by atoms with van der Waals surface area (Å²) in [6, 6.07) is 26.5. The lowest BCUT2D eigenvalue weighted by molar-refractivity contribution is -0.180. The van der Waals surface area contributed by atoms with Crippen LogP contribution in [0.5, 0.6) is 0 Å². The standard InChI is InChI=1S/C21H20O2/c1-16-12-14-19(15-13-16)21(22,23)20(17-8-4-2-5-9-17)18-10-6-3-7-11-18/h2-15,20,22-23H,1H3. The van der Waals surface area contributed by atoms with E-state index in [1.807, 2.05) is 79.7 Å². The summed E-state index contributed by atoms with van der Waals surface area (Å²) in [5.41, 5.74) is 3.30. The van der Waals surface area contributed by atoms with Crippen molar-refractivity contribution in [3.05, 3.63) is 107 Å². The molecular weight excluding hydrogens is 284 g/mol. The fraction of sp³-hybridized carbons (Fsp3) is 0.143. The van der Waals surface area contributed by atoms with E-state index in [1.54, 1.807) is 12.1 Å². The number of aliphatic hydroxyl groups is 2. The first-order valence-corrected chi connectivity index (χ1v) is 7.71. The number of hydrogen-bond donors (Lipinski definition) is 2. The van der Waals surface area contributed by atoms with Gasteiger partial charge in [-0.1, -0.05) is 90.5 Å². The van der Waals surface area contributed by atoms with Gasteiger partial charge in [0.1, 0.15) is 0 Å². The maximum absolute atomic E-state index is 11.0. The fourth-order valence-electron chi connectivity index (χ4n) is 2.91. The molecule has 0 aromatic heterocycles. The summed E-state index contributed by atoms with van der Waals surface area (Å²) in [7, 11) is 0. The van der Waals surface area contributed by atoms with E-state index in [4.69, 9.17) is 0 Å². The monoisotopic (exact) mass is 304 g/mol. The van der Waals surface area contributed by atoms with Gasteiger partial charge in [0.2, 0.25) is 5.79 Å². The molecule has 3 aromatic rings. The minimum Gasteiger partial charge on any atom is -0.361 e. The second-order valence-corrected chi connectivity index (χ2v) is 5.85. The van der Waals surface area contributed by atoms with Gasteiger partial charge >= 0.3 is 0 Å². The molecule has 0 aliphatic heterocycles. The van der Waals surface area contributed by atoms with E-state index >= 15 is 0 Å². The van der Waals surface area contributed by atoms with Gasteiger partial charge in [0.15, 0.2) is 0 Å². The number of aryl methyl sites for hydroxylation is 1. The average Bonchev–Trinajstić information content (AvgIpc) is 2.57. The molecule has 0 fully saturated rings. The van der Waals surface area contributed by atoms with Crippen LogP contribution in [0, 0.1) is 6.92 Å². The van der Waals surface area contributed by atoms with E-state index in [2.05, 4.69) is 0 Å². The maximum atomic E-state index is 11.0. The van der Waals surface area contributed by atoms with Gasteiger partial charge in [-0.05, 0) is 18.1 Å². The van der Waals surface area contributed by atoms with Crippen molar-refractivity contribution >= 4 is 0 Å². The largest absolute Gasteiger partial charge is 0.361 e. The smallest absolute Gasteiger partial charge is 0.201 e. The van der Waals surface area contributed by atoms with E-state index in [-0.39, 0.29) is 0 Å². The molecule has 3 aromatic carbocycles. The summed E-state index contributed by atoms with van der Waals surface area (Å²) >= 11 is 0. The van der Waals surface area contributed by atoms with Crippen LogP contribution in [0.3, 0.4) is 0 Å². The van der Waals surface area contributed by atoms with E-state index < -0.39 is 11.7 Å². The summed E-state index contributed by atoms with van der Waals surface area (Å²) in [4.78, 5) is 0. The van der Waals surface area contributed by atoms with Crippen LogP contribution in [0.1, 0.15) is 28.2 Å². The quantitative estimate of drug-likeness (QED) is 0.716. The lowest BCUT2D eigenvalue weighted by Gasteiger charge is -2.32. The zero-order chi connectivity index (χ0) is 16.3. The van der Waals surface area contributed by atoms with Crippen molar-refractivity contribution in [2.24, 2.45) is 0 Å². The molecule has 0 radical (unpaired) electrons. The summed E-state index contributed by atoms with van der Waals surface area (Å²) in [5.74, 6) is -2.55. The third-order valence-corrected chi connectivity index (χ3v) is 4.14. The van der Waals surface area contributed by atoms with Crippen LogP contribution in [-0.4, -0.2) is 10.2 Å². The van der Waals surface area contributed by atoms with Crippen LogP contribution in [0.25, 0.3) is 0 Å². The van der Waals surface area contributed by atoms with Gasteiger partial charge in [-0.2, -0.15) is 0 Å². The molecule has 3 rings (SSSR count). The van der Waals surface area contributed by atoms with Gasteiger partial charge in [-0.3, -0.25) is 0 Å². The number of hydrogen-bond acceptors (Lipinski definition) is 2. The van der Waals surface area contributed by atoms with Crippen LogP contribution in [0.4, 0.5) is 0 Å². The number of rotatable bonds is 4. The van der Waals surface area contributed by atoms with Crippen molar-refractivity contribution < 1.29 is 10.2 Å². The molecule has 0 saturated heterocycles. The van der Waals surface area contributed by atoms with Gasteiger partial charge in [0.05, 0.1) is 5.92 Å². The second kappa shape index (κ2) is 6.37. The van der Waals surface area contributed by atoms with Crippen molar-refractivity contribution in [2.45, 2.75) is 18.6 Å². The highest BCUT2D eigenvalue weighted by Gasteiger charge is 2.38. The number of benzene rings is 3. The third-order valence-electron chi connectivity index (χ3n) is 4.14. The Balaban J connectivity index is 2.13. The van der Waals surface area contributed by atoms with E-state index in [1.165, 1.54) is 0 Å². The summed E-state index contributed by atoms with van der Waals surface area (Å²) in [6.45, 7) is 1.98. The molecule has 2 nitrogen and oxygen atoms in total. The van der Waals surface area contributed by atoms with Gasteiger partial charge in [-0.25, -0.2) is 0 Å². The van der Waals surface area contributed by atoms with Crippen molar-refractivity contribution in [3.63, 3.8) is 0 Å². The molecule has 116 valence electrons. The molecule has 0 aliphatic rings. The normalized spacial score (nSPS) is 11.7. The molecule has 0 bridgehead atoms. The summed E-state index contributed by atoms with van der Waals surface area (Å²) < 4.78 is 0. The van der Waals surface area contributed by atoms with Crippen LogP contribution < -0.4 is 0 Å². The van der Waals surface area contributed by atoms with Crippen LogP contribution >= 0.6 is 0 Å². The molecule has 23 heavy (non-hydrogen) atoms. The van der Waals surface area contributed by atoms with Crippen molar-refractivity contribution in [2.75, 3.05) is 0 Å². The highest BCUT2D eigenvalue weighted by atomic mass is 16.5. The Hall–Kier alpha value is -2.42. The Kier molecular flexibility index (Phi) is 4.28. The first-order chi connectivity index (χ1) is 11.1. The highest BCUT2D eigenvalue weighted by molar-refractivity contribution is 5.39. The van der Waals surface area contributed by atoms with Gasteiger partial charge in [-0.15, -0.1) is 0 Å². The Morgan fingerprint density at radius 2 is 1.09 bits per heavy atom. The van der Waals surface area contributed by atoms with Crippen molar-refractivity contribution in [1.29, 1.82) is 0 Å². The molecule has 0 spiro atoms. The minimum absolute atomic E-state index is 0.487. The topological polar surface area (TPSA) is 40.5 Å². The van der Waals surface area contributed by atoms with Crippen LogP contribution in [-0.2, 0) is 5.79 Å². The van der Waals surface area contributed by atoms with E-state index in [9.17, 15) is 10.2 Å². The minimum atomic E-state index is -1.99. The molecule has 2 N–H and O–H groups in total. The van der Waals surface area contributed by atoms with Gasteiger partial charge in [0, 0.05) is 5.56 Å². The lowest BCUT2D eigenvalue weighted by atomic mass is 9.81. The zero-order valence-electron chi connectivity index (χ0n) is 13.1. The predicted molar refractivity (Wildman–Crippen MR) is 92.0 cm³/mol. The lowest BCUT2D eigenvalue weighted by Crippen LogP contribution is -2.34. The van der Waals surface area contributed by atoms with Crippen molar-refractivity contribution in [3.8, 4) is 0 Å². The molecule has 0 unspecified atom stereocenters. The first-order valence-electron chi connectivity index (χ1n) is 7.71. The zero-order valence-corrected chi connectivity index (χ0v) is 13.1. The maximum Gasteiger partial charge on any atom is 0.201 e. The van der Waals surface area contributed by atoms with Gasteiger partial charge < -0.3 is 10.2 Å². The summed E-state index contributed by atoms with van der Waals surface area (Å²) in [6.07, 6.45) is 0. The van der Waals surface area contributed by atoms with E-state index in [0.717, 1.165) is 16.7 Å².